The molecule has 0 aliphatic carbocycles. The molecule has 162 valence electrons. The number of aromatic nitrogens is 2. The van der Waals surface area contributed by atoms with Gasteiger partial charge < -0.3 is 5.32 Å². The Balaban J connectivity index is 1.85. The van der Waals surface area contributed by atoms with Gasteiger partial charge in [0.05, 0.1) is 12.2 Å². The normalized spacial score (nSPS) is 11.5. The number of rotatable bonds is 6. The Morgan fingerprint density at radius 3 is 2.55 bits per heavy atom. The number of nitrogens with one attached hydrogen (secondary N) is 2. The molecule has 0 spiro atoms. The Morgan fingerprint density at radius 1 is 1.13 bits per heavy atom. The number of aliphatic imine (C=N–C) groups is 1. The Bertz CT molecular complexity index is 1080. The van der Waals surface area contributed by atoms with Crippen LogP contribution < -0.4 is 10.6 Å². The minimum Gasteiger partial charge on any atom is -0.326 e. The standard InChI is InChI=1S/C24H28FN5O/c1-5-9-30-15-20(18(4)29-30)14-26-24(27-22-11-16(2)10-17(3)12-22)28-23(31)19-7-6-8-21(25)13-19/h6-8,10-13,15H,5,9,14H2,1-4H3,(H2,26,27,28,31). The van der Waals surface area contributed by atoms with Gasteiger partial charge in [0.2, 0.25) is 5.96 Å². The lowest BCUT2D eigenvalue weighted by Crippen LogP contribution is -2.36. The number of halogens is 1. The summed E-state index contributed by atoms with van der Waals surface area (Å²) in [4.78, 5) is 17.3. The average Bonchev–Trinajstić information content (AvgIpc) is 3.04. The lowest BCUT2D eigenvalue weighted by atomic mass is 10.1. The van der Waals surface area contributed by atoms with Gasteiger partial charge in [-0.3, -0.25) is 14.8 Å². The molecule has 0 saturated heterocycles. The van der Waals surface area contributed by atoms with Gasteiger partial charge in [0.25, 0.3) is 5.91 Å². The predicted octanol–water partition coefficient (Wildman–Crippen LogP) is 4.76. The third kappa shape index (κ3) is 6.25. The van der Waals surface area contributed by atoms with Crippen molar-refractivity contribution in [3.8, 4) is 0 Å². The molecule has 31 heavy (non-hydrogen) atoms. The van der Waals surface area contributed by atoms with Gasteiger partial charge in [0.15, 0.2) is 0 Å². The first kappa shape index (κ1) is 22.2. The molecule has 0 radical (unpaired) electrons. The second kappa shape index (κ2) is 10.0. The molecule has 0 atom stereocenters. The van der Waals surface area contributed by atoms with E-state index in [1.165, 1.54) is 18.2 Å². The van der Waals surface area contributed by atoms with Gasteiger partial charge >= 0.3 is 0 Å². The molecule has 1 amide bonds. The van der Waals surface area contributed by atoms with E-state index in [9.17, 15) is 9.18 Å². The zero-order valence-corrected chi connectivity index (χ0v) is 18.4. The lowest BCUT2D eigenvalue weighted by molar-refractivity contribution is 0.0976. The summed E-state index contributed by atoms with van der Waals surface area (Å²) in [7, 11) is 0. The van der Waals surface area contributed by atoms with Crippen LogP contribution in [0.25, 0.3) is 0 Å². The van der Waals surface area contributed by atoms with Crippen LogP contribution in [0.3, 0.4) is 0 Å². The van der Waals surface area contributed by atoms with E-state index in [1.54, 1.807) is 6.07 Å². The summed E-state index contributed by atoms with van der Waals surface area (Å²) in [6, 6.07) is 11.6. The SMILES string of the molecule is CCCn1cc(CN=C(NC(=O)c2cccc(F)c2)Nc2cc(C)cc(C)c2)c(C)n1. The lowest BCUT2D eigenvalue weighted by Gasteiger charge is -2.13. The summed E-state index contributed by atoms with van der Waals surface area (Å²) in [5.74, 6) is -0.609. The second-order valence-electron chi connectivity index (χ2n) is 7.63. The van der Waals surface area contributed by atoms with E-state index in [1.807, 2.05) is 43.8 Å². The fourth-order valence-corrected chi connectivity index (χ4v) is 3.33. The molecular formula is C24H28FN5O. The molecule has 2 N–H and O–H groups in total. The fraction of sp³-hybridized carbons (Fsp3) is 0.292. The van der Waals surface area contributed by atoms with Crippen LogP contribution in [0.15, 0.2) is 53.7 Å². The minimum absolute atomic E-state index is 0.224. The number of guanidine groups is 1. The maximum absolute atomic E-state index is 13.5. The number of hydrogen-bond donors (Lipinski definition) is 2. The van der Waals surface area contributed by atoms with Crippen LogP contribution in [0.1, 0.15) is 46.1 Å². The first-order valence-corrected chi connectivity index (χ1v) is 10.3. The van der Waals surface area contributed by atoms with E-state index in [4.69, 9.17) is 0 Å². The van der Waals surface area contributed by atoms with E-state index < -0.39 is 11.7 Å². The first-order valence-electron chi connectivity index (χ1n) is 10.3. The van der Waals surface area contributed by atoms with E-state index in [-0.39, 0.29) is 5.56 Å². The minimum atomic E-state index is -0.465. The highest BCUT2D eigenvalue weighted by Crippen LogP contribution is 2.14. The van der Waals surface area contributed by atoms with Gasteiger partial charge in [-0.05, 0) is 68.7 Å². The highest BCUT2D eigenvalue weighted by molar-refractivity contribution is 6.10. The van der Waals surface area contributed by atoms with E-state index in [0.717, 1.165) is 41.0 Å². The molecule has 0 saturated carbocycles. The van der Waals surface area contributed by atoms with Gasteiger partial charge in [0.1, 0.15) is 5.82 Å². The van der Waals surface area contributed by atoms with Gasteiger partial charge in [0, 0.05) is 29.6 Å². The summed E-state index contributed by atoms with van der Waals surface area (Å²) in [5.41, 5.74) is 5.11. The van der Waals surface area contributed by atoms with Crippen LogP contribution in [0, 0.1) is 26.6 Å². The number of hydrogen-bond acceptors (Lipinski definition) is 3. The zero-order valence-electron chi connectivity index (χ0n) is 18.4. The van der Waals surface area contributed by atoms with Crippen LogP contribution in [-0.2, 0) is 13.1 Å². The Morgan fingerprint density at radius 2 is 1.87 bits per heavy atom. The predicted molar refractivity (Wildman–Crippen MR) is 122 cm³/mol. The number of carbonyl (C=O) groups excluding carboxylic acids is 1. The molecule has 2 aromatic carbocycles. The number of anilines is 1. The van der Waals surface area contributed by atoms with Crippen molar-refractivity contribution in [3.63, 3.8) is 0 Å². The first-order chi connectivity index (χ1) is 14.8. The Labute approximate surface area is 182 Å². The molecule has 3 rings (SSSR count). The van der Waals surface area contributed by atoms with Gasteiger partial charge in [-0.15, -0.1) is 0 Å². The number of benzene rings is 2. The van der Waals surface area contributed by atoms with E-state index in [0.29, 0.717) is 12.5 Å². The zero-order chi connectivity index (χ0) is 22.4. The summed E-state index contributed by atoms with van der Waals surface area (Å²) in [6.45, 7) is 9.25. The third-order valence-corrected chi connectivity index (χ3v) is 4.71. The number of nitrogens with zero attached hydrogens (tertiary/aromatic N) is 3. The topological polar surface area (TPSA) is 71.3 Å². The molecule has 3 aromatic rings. The van der Waals surface area contributed by atoms with Gasteiger partial charge in [-0.2, -0.15) is 5.10 Å². The van der Waals surface area contributed by atoms with Crippen molar-refractivity contribution < 1.29 is 9.18 Å². The smallest absolute Gasteiger partial charge is 0.258 e. The molecule has 0 bridgehead atoms. The second-order valence-corrected chi connectivity index (χ2v) is 7.63. The monoisotopic (exact) mass is 421 g/mol. The fourth-order valence-electron chi connectivity index (χ4n) is 3.33. The van der Waals surface area contributed by atoms with Crippen LogP contribution in [0.2, 0.25) is 0 Å². The maximum Gasteiger partial charge on any atom is 0.258 e. The average molecular weight is 422 g/mol. The Kier molecular flexibility index (Phi) is 7.18. The number of amides is 1. The third-order valence-electron chi connectivity index (χ3n) is 4.71. The van der Waals surface area contributed by atoms with Gasteiger partial charge in [-0.25, -0.2) is 9.38 Å². The molecule has 6 nitrogen and oxygen atoms in total. The molecule has 7 heteroatoms. The molecule has 0 fully saturated rings. The van der Waals surface area contributed by atoms with E-state index >= 15 is 0 Å². The van der Waals surface area contributed by atoms with Crippen molar-refractivity contribution in [1.29, 1.82) is 0 Å². The summed E-state index contributed by atoms with van der Waals surface area (Å²) in [5, 5.41) is 10.5. The summed E-state index contributed by atoms with van der Waals surface area (Å²) >= 11 is 0. The van der Waals surface area contributed by atoms with Crippen molar-refractivity contribution >= 4 is 17.6 Å². The highest BCUT2D eigenvalue weighted by Gasteiger charge is 2.12. The molecule has 1 heterocycles. The van der Waals surface area contributed by atoms with Crippen LogP contribution in [0.5, 0.6) is 0 Å². The quantitative estimate of drug-likeness (QED) is 0.445. The van der Waals surface area contributed by atoms with Crippen LogP contribution >= 0.6 is 0 Å². The highest BCUT2D eigenvalue weighted by atomic mass is 19.1. The number of aryl methyl sites for hydroxylation is 4. The van der Waals surface area contributed by atoms with Crippen molar-refractivity contribution in [2.24, 2.45) is 4.99 Å². The van der Waals surface area contributed by atoms with Gasteiger partial charge in [-0.1, -0.05) is 19.1 Å². The van der Waals surface area contributed by atoms with Crippen LogP contribution in [0.4, 0.5) is 10.1 Å². The molecular weight excluding hydrogens is 393 g/mol. The van der Waals surface area contributed by atoms with Crippen molar-refractivity contribution in [3.05, 3.63) is 82.4 Å². The molecule has 0 unspecified atom stereocenters. The summed E-state index contributed by atoms with van der Waals surface area (Å²) < 4.78 is 15.4. The largest absolute Gasteiger partial charge is 0.326 e. The molecule has 0 aliphatic rings. The number of carbonyl (C=O) groups is 1. The summed E-state index contributed by atoms with van der Waals surface area (Å²) in [6.07, 6.45) is 2.97. The van der Waals surface area contributed by atoms with Crippen molar-refractivity contribution in [1.82, 2.24) is 15.1 Å². The van der Waals surface area contributed by atoms with E-state index in [2.05, 4.69) is 33.7 Å². The molecule has 0 aliphatic heterocycles. The maximum atomic E-state index is 13.5. The van der Waals surface area contributed by atoms with Crippen molar-refractivity contribution in [2.75, 3.05) is 5.32 Å². The molecule has 1 aromatic heterocycles. The van der Waals surface area contributed by atoms with Crippen molar-refractivity contribution in [2.45, 2.75) is 47.2 Å². The Hall–Kier alpha value is -3.48. The van der Waals surface area contributed by atoms with Crippen LogP contribution in [-0.4, -0.2) is 21.6 Å².